The molecule has 0 unspecified atom stereocenters. The number of allylic oxidation sites excluding steroid dienone is 1. The number of aliphatic hydroxyl groups excluding tert-OH is 1. The third-order valence-corrected chi connectivity index (χ3v) is 9.10. The molecule has 3 aliphatic rings. The van der Waals surface area contributed by atoms with Crippen molar-refractivity contribution in [3.8, 4) is 0 Å². The number of piperidine rings is 1. The second-order valence-electron chi connectivity index (χ2n) is 9.67. The van der Waals surface area contributed by atoms with E-state index in [1.165, 1.54) is 11.8 Å². The third-order valence-electron chi connectivity index (χ3n) is 7.25. The van der Waals surface area contributed by atoms with Gasteiger partial charge >= 0.3 is 5.97 Å². The first-order valence-electron chi connectivity index (χ1n) is 12.6. The number of carboxylic acids is 1. The van der Waals surface area contributed by atoms with Crippen LogP contribution in [0.4, 0.5) is 9.52 Å². The van der Waals surface area contributed by atoms with Gasteiger partial charge in [0, 0.05) is 36.0 Å². The number of halogens is 1. The van der Waals surface area contributed by atoms with E-state index in [4.69, 9.17) is 11.5 Å². The first-order valence-corrected chi connectivity index (χ1v) is 14.4. The SMILES string of the molecule is NC(=O)C1CC[N+](C/C=C/C2=C(C(=O)O)N3C(=O)[C@@H](NC(=O)/C(=N\OCF)c4nsc(N)n4)[C@H]3SC2)(CCO)CC1. The number of anilines is 1. The highest BCUT2D eigenvalue weighted by molar-refractivity contribution is 8.00. The number of thioether (sulfide) groups is 1. The van der Waals surface area contributed by atoms with Crippen LogP contribution in [0.5, 0.6) is 0 Å². The van der Waals surface area contributed by atoms with Gasteiger partial charge in [-0.25, -0.2) is 9.18 Å². The highest BCUT2D eigenvalue weighted by atomic mass is 32.2. The number of nitrogens with zero attached hydrogens (tertiary/aromatic N) is 5. The first kappa shape index (κ1) is 30.4. The van der Waals surface area contributed by atoms with Crippen LogP contribution in [0.15, 0.2) is 28.6 Å². The van der Waals surface area contributed by atoms with Gasteiger partial charge in [0.1, 0.15) is 23.7 Å². The Kier molecular flexibility index (Phi) is 9.57. The monoisotopic (exact) mass is 613 g/mol. The molecule has 3 aliphatic heterocycles. The second-order valence-corrected chi connectivity index (χ2v) is 11.6. The zero-order chi connectivity index (χ0) is 29.7. The summed E-state index contributed by atoms with van der Waals surface area (Å²) in [5.41, 5.74) is 10.7. The van der Waals surface area contributed by atoms with E-state index in [0.29, 0.717) is 49.1 Å². The summed E-state index contributed by atoms with van der Waals surface area (Å²) in [6.45, 7) is 0.925. The number of likely N-dealkylation sites (tertiary alicyclic amines) is 1. The van der Waals surface area contributed by atoms with Crippen molar-refractivity contribution < 1.29 is 43.1 Å². The summed E-state index contributed by atoms with van der Waals surface area (Å²) in [4.78, 5) is 59.0. The number of rotatable bonds is 12. The highest BCUT2D eigenvalue weighted by Gasteiger charge is 2.54. The number of primary amides is 1. The number of aliphatic carboxylic acids is 1. The molecular formula is C23H30FN8O7S2+. The number of quaternary nitrogens is 1. The molecule has 1 aromatic heterocycles. The molecule has 4 heterocycles. The molecule has 0 spiro atoms. The molecule has 222 valence electrons. The third kappa shape index (κ3) is 6.50. The predicted molar refractivity (Wildman–Crippen MR) is 145 cm³/mol. The van der Waals surface area contributed by atoms with Gasteiger partial charge in [0.25, 0.3) is 18.7 Å². The number of nitrogens with two attached hydrogens (primary N) is 2. The van der Waals surface area contributed by atoms with Crippen molar-refractivity contribution in [3.63, 3.8) is 0 Å². The fraction of sp³-hybridized carbons (Fsp3) is 0.522. The summed E-state index contributed by atoms with van der Waals surface area (Å²) < 4.78 is 16.9. The van der Waals surface area contributed by atoms with Crippen LogP contribution in [0.1, 0.15) is 18.7 Å². The molecule has 0 aromatic carbocycles. The molecule has 7 N–H and O–H groups in total. The van der Waals surface area contributed by atoms with E-state index in [1.807, 2.05) is 6.08 Å². The zero-order valence-corrected chi connectivity index (χ0v) is 23.4. The number of oxime groups is 1. The van der Waals surface area contributed by atoms with E-state index in [9.17, 15) is 33.8 Å². The zero-order valence-electron chi connectivity index (χ0n) is 21.8. The minimum absolute atomic E-state index is 0.0331. The smallest absolute Gasteiger partial charge is 0.352 e. The molecule has 18 heteroatoms. The van der Waals surface area contributed by atoms with Crippen molar-refractivity contribution in [2.24, 2.45) is 16.8 Å². The largest absolute Gasteiger partial charge is 0.477 e. The molecule has 41 heavy (non-hydrogen) atoms. The lowest BCUT2D eigenvalue weighted by atomic mass is 9.94. The number of nitrogens with one attached hydrogen (secondary N) is 1. The number of carbonyl (C=O) groups is 4. The lowest BCUT2D eigenvalue weighted by molar-refractivity contribution is -0.928. The maximum atomic E-state index is 13.0. The molecule has 3 amide bonds. The van der Waals surface area contributed by atoms with E-state index in [1.54, 1.807) is 6.08 Å². The van der Waals surface area contributed by atoms with Gasteiger partial charge in [-0.15, -0.1) is 11.8 Å². The van der Waals surface area contributed by atoms with Gasteiger partial charge in [-0.05, 0) is 11.6 Å². The molecule has 0 aliphatic carbocycles. The number of aliphatic hydroxyl groups is 1. The summed E-state index contributed by atoms with van der Waals surface area (Å²) >= 11 is 2.05. The van der Waals surface area contributed by atoms with Crippen LogP contribution in [0.3, 0.4) is 0 Å². The molecule has 0 radical (unpaired) electrons. The molecule has 0 bridgehead atoms. The van der Waals surface area contributed by atoms with Gasteiger partial charge in [-0.3, -0.25) is 19.3 Å². The average molecular weight is 614 g/mol. The van der Waals surface area contributed by atoms with Crippen LogP contribution in [0.25, 0.3) is 0 Å². The van der Waals surface area contributed by atoms with Crippen molar-refractivity contribution in [2.75, 3.05) is 51.1 Å². The van der Waals surface area contributed by atoms with Gasteiger partial charge in [0.2, 0.25) is 17.4 Å². The lowest BCUT2D eigenvalue weighted by Gasteiger charge is -2.49. The Morgan fingerprint density at radius 3 is 2.63 bits per heavy atom. The summed E-state index contributed by atoms with van der Waals surface area (Å²) in [6.07, 6.45) is 4.71. The minimum atomic E-state index is -1.32. The number of fused-ring (bicyclic) bond motifs is 1. The standard InChI is InChI=1S/C23H29FN8O7S2/c24-11-39-29-14(18-28-23(26)41-30-18)19(35)27-15-20(36)31-16(22(37)38)13(10-40-21(15)31)2-1-5-32(8-9-33)6-3-12(4-7-32)17(25)34/h1-2,12,15,21,33H,3-11H2,(H5-,25,26,27,28,30,34,35,37,38)/p+1/b2-1+,29-14-/t12?,15-,21-,32?/m1/s1. The van der Waals surface area contributed by atoms with Crippen LogP contribution in [-0.2, 0) is 24.0 Å². The fourth-order valence-corrected chi connectivity index (χ4v) is 6.87. The summed E-state index contributed by atoms with van der Waals surface area (Å²) in [5.74, 6) is -3.35. The summed E-state index contributed by atoms with van der Waals surface area (Å²) in [6, 6.07) is -1.08. The van der Waals surface area contributed by atoms with Gasteiger partial charge in [0.15, 0.2) is 5.13 Å². The maximum absolute atomic E-state index is 13.0. The van der Waals surface area contributed by atoms with Crippen molar-refractivity contribution in [1.29, 1.82) is 0 Å². The molecule has 1 aromatic rings. The number of β-lactam (4-membered cyclic amide) rings is 1. The molecule has 2 atom stereocenters. The Labute approximate surface area is 241 Å². The second kappa shape index (κ2) is 12.9. The van der Waals surface area contributed by atoms with Crippen LogP contribution in [0, 0.1) is 5.92 Å². The maximum Gasteiger partial charge on any atom is 0.352 e. The number of amides is 3. The summed E-state index contributed by atoms with van der Waals surface area (Å²) in [7, 11) is 0. The molecule has 4 rings (SSSR count). The van der Waals surface area contributed by atoms with E-state index >= 15 is 0 Å². The van der Waals surface area contributed by atoms with E-state index in [0.717, 1.165) is 16.4 Å². The Morgan fingerprint density at radius 1 is 1.32 bits per heavy atom. The van der Waals surface area contributed by atoms with Gasteiger partial charge < -0.3 is 36.3 Å². The van der Waals surface area contributed by atoms with Gasteiger partial charge in [-0.2, -0.15) is 9.36 Å². The molecule has 15 nitrogen and oxygen atoms in total. The number of aromatic nitrogens is 2. The predicted octanol–water partition coefficient (Wildman–Crippen LogP) is -1.23. The number of carbonyl (C=O) groups excluding carboxylic acids is 3. The molecule has 2 saturated heterocycles. The number of carboxylic acid groups (broad SMARTS) is 1. The Hall–Kier alpha value is -3.61. The van der Waals surface area contributed by atoms with E-state index in [2.05, 4.69) is 24.7 Å². The van der Waals surface area contributed by atoms with Crippen molar-refractivity contribution in [1.82, 2.24) is 19.6 Å². The quantitative estimate of drug-likeness (QED) is 0.0812. The fourth-order valence-electron chi connectivity index (χ4n) is 5.11. The van der Waals surface area contributed by atoms with Crippen LogP contribution in [0.2, 0.25) is 0 Å². The van der Waals surface area contributed by atoms with Gasteiger partial charge in [-0.1, -0.05) is 11.2 Å². The summed E-state index contributed by atoms with van der Waals surface area (Å²) in [5, 5.41) is 24.8. The number of hydrogen-bond donors (Lipinski definition) is 5. The van der Waals surface area contributed by atoms with Gasteiger partial charge in [0.05, 0.1) is 26.2 Å². The number of nitrogen functional groups attached to an aromatic ring is 1. The number of alkyl halides is 1. The van der Waals surface area contributed by atoms with Crippen molar-refractivity contribution >= 4 is 57.8 Å². The Balaban J connectivity index is 1.46. The normalized spacial score (nSPS) is 26.5. The molecule has 2 fully saturated rings. The average Bonchev–Trinajstić information content (AvgIpc) is 3.37. The first-order chi connectivity index (χ1) is 19.6. The topological polar surface area (TPSA) is 223 Å². The van der Waals surface area contributed by atoms with Crippen molar-refractivity contribution in [3.05, 3.63) is 29.2 Å². The lowest BCUT2D eigenvalue weighted by Crippen LogP contribution is -2.71. The number of hydrogen-bond acceptors (Lipinski definition) is 12. The van der Waals surface area contributed by atoms with Crippen LogP contribution < -0.4 is 16.8 Å². The Bertz CT molecular complexity index is 1290. The van der Waals surface area contributed by atoms with E-state index in [-0.39, 0.29) is 40.8 Å². The molecule has 0 saturated carbocycles. The van der Waals surface area contributed by atoms with E-state index < -0.39 is 41.8 Å². The Morgan fingerprint density at radius 2 is 2.05 bits per heavy atom. The highest BCUT2D eigenvalue weighted by Crippen LogP contribution is 2.40. The van der Waals surface area contributed by atoms with Crippen LogP contribution in [-0.4, -0.2) is 115 Å². The molecular weight excluding hydrogens is 583 g/mol. The minimum Gasteiger partial charge on any atom is -0.477 e. The van der Waals surface area contributed by atoms with Crippen LogP contribution >= 0.6 is 23.3 Å². The van der Waals surface area contributed by atoms with Crippen molar-refractivity contribution in [2.45, 2.75) is 24.3 Å².